The number of carbonyl (C=O) groups excluding carboxylic acids is 1. The zero-order valence-electron chi connectivity index (χ0n) is 16.9. The van der Waals surface area contributed by atoms with Gasteiger partial charge in [-0.3, -0.25) is 4.79 Å². The standard InChI is InChI=1S/C21H25N3O3S2/c1-12-17(13(2)27-24-12)11-28-21-23-18-9-6-15(10-19(18)29-21)22-20(25)14-4-7-16(26-3)8-5-14/h6,9-10,14,16H,4-5,7-8,11H2,1-3H3,(H,22,25). The van der Waals surface area contributed by atoms with Crippen LogP contribution in [0.3, 0.4) is 0 Å². The molecule has 0 aliphatic heterocycles. The van der Waals surface area contributed by atoms with Crippen LogP contribution in [-0.2, 0) is 15.3 Å². The van der Waals surface area contributed by atoms with Gasteiger partial charge in [-0.1, -0.05) is 16.9 Å². The Kier molecular flexibility index (Phi) is 6.22. The van der Waals surface area contributed by atoms with Gasteiger partial charge < -0.3 is 14.6 Å². The Balaban J connectivity index is 1.40. The van der Waals surface area contributed by atoms with Crippen LogP contribution in [0.25, 0.3) is 10.2 Å². The van der Waals surface area contributed by atoms with E-state index >= 15 is 0 Å². The minimum atomic E-state index is 0.0692. The van der Waals surface area contributed by atoms with Gasteiger partial charge >= 0.3 is 0 Å². The summed E-state index contributed by atoms with van der Waals surface area (Å²) in [5, 5.41) is 7.09. The molecule has 1 aromatic carbocycles. The molecule has 2 heterocycles. The Bertz CT molecular complexity index is 986. The summed E-state index contributed by atoms with van der Waals surface area (Å²) in [5.74, 6) is 1.83. The maximum atomic E-state index is 12.6. The second kappa shape index (κ2) is 8.85. The Morgan fingerprint density at radius 3 is 2.79 bits per heavy atom. The first-order chi connectivity index (χ1) is 14.0. The number of fused-ring (bicyclic) bond motifs is 1. The fraction of sp³-hybridized carbons (Fsp3) is 0.476. The molecule has 1 aliphatic rings. The molecule has 1 aliphatic carbocycles. The molecule has 0 radical (unpaired) electrons. The number of nitrogens with zero attached hydrogens (tertiary/aromatic N) is 2. The number of ether oxygens (including phenoxy) is 1. The summed E-state index contributed by atoms with van der Waals surface area (Å²) in [5.41, 5.74) is 3.85. The summed E-state index contributed by atoms with van der Waals surface area (Å²) in [7, 11) is 1.75. The molecule has 0 bridgehead atoms. The highest BCUT2D eigenvalue weighted by Gasteiger charge is 2.26. The largest absolute Gasteiger partial charge is 0.381 e. The fourth-order valence-electron chi connectivity index (χ4n) is 3.69. The van der Waals surface area contributed by atoms with Crippen molar-refractivity contribution in [1.82, 2.24) is 10.1 Å². The predicted octanol–water partition coefficient (Wildman–Crippen LogP) is 5.34. The van der Waals surface area contributed by atoms with Crippen molar-refractivity contribution in [3.63, 3.8) is 0 Å². The normalized spacial score (nSPS) is 19.6. The van der Waals surface area contributed by atoms with Crippen LogP contribution in [0.4, 0.5) is 5.69 Å². The van der Waals surface area contributed by atoms with Crippen LogP contribution in [0.1, 0.15) is 42.7 Å². The predicted molar refractivity (Wildman–Crippen MR) is 117 cm³/mol. The fourth-order valence-corrected chi connectivity index (χ4v) is 5.95. The molecule has 1 N–H and O–H groups in total. The summed E-state index contributed by atoms with van der Waals surface area (Å²) in [6.45, 7) is 3.90. The Morgan fingerprint density at radius 1 is 1.31 bits per heavy atom. The van der Waals surface area contributed by atoms with Gasteiger partial charge in [0.25, 0.3) is 0 Å². The SMILES string of the molecule is COC1CCC(C(=O)Nc2ccc3nc(SCc4c(C)noc4C)sc3c2)CC1. The summed E-state index contributed by atoms with van der Waals surface area (Å²) in [6, 6.07) is 5.93. The van der Waals surface area contributed by atoms with Gasteiger partial charge in [0.15, 0.2) is 4.34 Å². The van der Waals surface area contributed by atoms with Crippen molar-refractivity contribution in [1.29, 1.82) is 0 Å². The molecule has 8 heteroatoms. The number of aromatic nitrogens is 2. The average molecular weight is 432 g/mol. The number of hydrogen-bond acceptors (Lipinski definition) is 7. The van der Waals surface area contributed by atoms with Gasteiger partial charge in [-0.2, -0.15) is 0 Å². The Morgan fingerprint density at radius 2 is 2.10 bits per heavy atom. The number of nitrogens with one attached hydrogen (secondary N) is 1. The summed E-state index contributed by atoms with van der Waals surface area (Å²) < 4.78 is 12.7. The first-order valence-corrected chi connectivity index (χ1v) is 11.6. The van der Waals surface area contributed by atoms with Gasteiger partial charge in [-0.05, 0) is 57.7 Å². The van der Waals surface area contributed by atoms with Crippen molar-refractivity contribution in [2.45, 2.75) is 55.7 Å². The van der Waals surface area contributed by atoms with E-state index in [0.717, 1.165) is 68.7 Å². The number of anilines is 1. The van der Waals surface area contributed by atoms with Crippen LogP contribution < -0.4 is 5.32 Å². The Labute approximate surface area is 178 Å². The molecule has 1 fully saturated rings. The van der Waals surface area contributed by atoms with Gasteiger partial charge in [-0.25, -0.2) is 4.98 Å². The molecule has 154 valence electrons. The zero-order valence-corrected chi connectivity index (χ0v) is 18.5. The molecular formula is C21H25N3O3S2. The maximum absolute atomic E-state index is 12.6. The molecule has 1 amide bonds. The number of carbonyl (C=O) groups is 1. The third-order valence-electron chi connectivity index (χ3n) is 5.54. The highest BCUT2D eigenvalue weighted by atomic mass is 32.2. The highest BCUT2D eigenvalue weighted by molar-refractivity contribution is 8.00. The molecule has 2 aromatic heterocycles. The summed E-state index contributed by atoms with van der Waals surface area (Å²) in [4.78, 5) is 17.3. The van der Waals surface area contributed by atoms with E-state index in [1.165, 1.54) is 0 Å². The average Bonchev–Trinajstić information content (AvgIpc) is 3.28. The number of thioether (sulfide) groups is 1. The van der Waals surface area contributed by atoms with Gasteiger partial charge in [-0.15, -0.1) is 11.3 Å². The molecular weight excluding hydrogens is 406 g/mol. The molecule has 0 saturated heterocycles. The molecule has 4 rings (SSSR count). The molecule has 0 unspecified atom stereocenters. The van der Waals surface area contributed by atoms with Crippen LogP contribution in [0.15, 0.2) is 27.1 Å². The lowest BCUT2D eigenvalue weighted by Gasteiger charge is -2.26. The van der Waals surface area contributed by atoms with E-state index in [0.29, 0.717) is 6.10 Å². The van der Waals surface area contributed by atoms with E-state index in [1.54, 1.807) is 30.2 Å². The number of thiazole rings is 1. The summed E-state index contributed by atoms with van der Waals surface area (Å²) in [6.07, 6.45) is 3.97. The smallest absolute Gasteiger partial charge is 0.227 e. The number of aryl methyl sites for hydroxylation is 2. The van der Waals surface area contributed by atoms with Crippen LogP contribution >= 0.6 is 23.1 Å². The van der Waals surface area contributed by atoms with E-state index in [9.17, 15) is 4.79 Å². The first kappa shape index (κ1) is 20.4. The summed E-state index contributed by atoms with van der Waals surface area (Å²) >= 11 is 3.33. The number of hydrogen-bond donors (Lipinski definition) is 1. The number of amides is 1. The lowest BCUT2D eigenvalue weighted by molar-refractivity contribution is -0.121. The molecule has 29 heavy (non-hydrogen) atoms. The van der Waals surface area contributed by atoms with Crippen LogP contribution in [0.5, 0.6) is 0 Å². The molecule has 0 atom stereocenters. The third-order valence-corrected chi connectivity index (χ3v) is 7.72. The quantitative estimate of drug-likeness (QED) is 0.531. The van der Waals surface area contributed by atoms with Crippen molar-refractivity contribution < 1.29 is 14.1 Å². The topological polar surface area (TPSA) is 77.2 Å². The van der Waals surface area contributed by atoms with Crippen LogP contribution in [-0.4, -0.2) is 29.3 Å². The number of methoxy groups -OCH3 is 1. The Hall–Kier alpha value is -1.90. The van der Waals surface area contributed by atoms with E-state index in [2.05, 4.69) is 10.5 Å². The third kappa shape index (κ3) is 4.65. The maximum Gasteiger partial charge on any atom is 0.227 e. The number of benzene rings is 1. The minimum Gasteiger partial charge on any atom is -0.381 e. The molecule has 6 nitrogen and oxygen atoms in total. The monoisotopic (exact) mass is 431 g/mol. The zero-order chi connectivity index (χ0) is 20.4. The van der Waals surface area contributed by atoms with E-state index in [-0.39, 0.29) is 11.8 Å². The molecule has 1 saturated carbocycles. The molecule has 3 aromatic rings. The van der Waals surface area contributed by atoms with Crippen molar-refractivity contribution in [2.24, 2.45) is 5.92 Å². The van der Waals surface area contributed by atoms with E-state index in [1.807, 2.05) is 32.0 Å². The second-order valence-corrected chi connectivity index (χ2v) is 9.71. The first-order valence-electron chi connectivity index (χ1n) is 9.82. The van der Waals surface area contributed by atoms with Crippen LogP contribution in [0, 0.1) is 19.8 Å². The van der Waals surface area contributed by atoms with Crippen molar-refractivity contribution in [2.75, 3.05) is 12.4 Å². The van der Waals surface area contributed by atoms with Crippen molar-refractivity contribution in [3.8, 4) is 0 Å². The van der Waals surface area contributed by atoms with E-state index < -0.39 is 0 Å². The van der Waals surface area contributed by atoms with Crippen LogP contribution in [0.2, 0.25) is 0 Å². The van der Waals surface area contributed by atoms with Gasteiger partial charge in [0.2, 0.25) is 5.91 Å². The van der Waals surface area contributed by atoms with Gasteiger partial charge in [0, 0.05) is 30.0 Å². The number of rotatable bonds is 6. The molecule has 0 spiro atoms. The lowest BCUT2D eigenvalue weighted by atomic mass is 9.87. The second-order valence-electron chi connectivity index (χ2n) is 7.45. The minimum absolute atomic E-state index is 0.0692. The lowest BCUT2D eigenvalue weighted by Crippen LogP contribution is -2.29. The van der Waals surface area contributed by atoms with Crippen molar-refractivity contribution >= 4 is 44.9 Å². The van der Waals surface area contributed by atoms with Gasteiger partial charge in [0.05, 0.1) is 22.0 Å². The van der Waals surface area contributed by atoms with Gasteiger partial charge in [0.1, 0.15) is 5.76 Å². The van der Waals surface area contributed by atoms with Crippen molar-refractivity contribution in [3.05, 3.63) is 35.2 Å². The van der Waals surface area contributed by atoms with E-state index in [4.69, 9.17) is 14.2 Å². The highest BCUT2D eigenvalue weighted by Crippen LogP contribution is 2.34.